The topological polar surface area (TPSA) is 69.0 Å². The van der Waals surface area contributed by atoms with Crippen LogP contribution in [0, 0.1) is 19.7 Å². The average Bonchev–Trinajstić information content (AvgIpc) is 3.24. The summed E-state index contributed by atoms with van der Waals surface area (Å²) in [5, 5.41) is 11.5. The Labute approximate surface area is 171 Å². The second-order valence-electron chi connectivity index (χ2n) is 6.12. The highest BCUT2D eigenvalue weighted by molar-refractivity contribution is 8.01. The summed E-state index contributed by atoms with van der Waals surface area (Å²) in [4.78, 5) is 12.6. The van der Waals surface area contributed by atoms with Gasteiger partial charge in [-0.25, -0.2) is 4.39 Å². The number of methoxy groups -OCH3 is 1. The number of ketones is 1. The quantitative estimate of drug-likeness (QED) is 0.407. The number of nitrogens with one attached hydrogen (secondary N) is 1. The highest BCUT2D eigenvalue weighted by atomic mass is 32.2. The van der Waals surface area contributed by atoms with Crippen molar-refractivity contribution in [3.8, 4) is 0 Å². The normalized spacial score (nSPS) is 11.0. The van der Waals surface area contributed by atoms with Gasteiger partial charge in [-0.3, -0.25) is 4.79 Å². The predicted octanol–water partition coefficient (Wildman–Crippen LogP) is 4.46. The number of hydrogen-bond acceptors (Lipinski definition) is 7. The number of nitrogens with zero attached hydrogens (tertiary/aromatic N) is 3. The van der Waals surface area contributed by atoms with E-state index in [2.05, 4.69) is 20.1 Å². The van der Waals surface area contributed by atoms with Gasteiger partial charge in [-0.05, 0) is 32.0 Å². The van der Waals surface area contributed by atoms with Gasteiger partial charge in [-0.15, -0.1) is 10.2 Å². The molecule has 9 heteroatoms. The zero-order valence-corrected chi connectivity index (χ0v) is 17.5. The molecule has 148 valence electrons. The maximum atomic E-state index is 13.7. The summed E-state index contributed by atoms with van der Waals surface area (Å²) in [5.41, 5.74) is 3.04. The van der Waals surface area contributed by atoms with Crippen molar-refractivity contribution in [1.29, 1.82) is 0 Å². The molecule has 0 aliphatic rings. The van der Waals surface area contributed by atoms with Crippen molar-refractivity contribution >= 4 is 39.7 Å². The molecule has 0 aliphatic heterocycles. The second kappa shape index (κ2) is 9.31. The van der Waals surface area contributed by atoms with E-state index in [1.807, 2.05) is 19.9 Å². The molecule has 1 aromatic carbocycles. The van der Waals surface area contributed by atoms with Crippen LogP contribution in [-0.2, 0) is 11.3 Å². The second-order valence-corrected chi connectivity index (χ2v) is 8.32. The minimum absolute atomic E-state index is 0.0422. The number of benzene rings is 1. The van der Waals surface area contributed by atoms with Gasteiger partial charge in [0.25, 0.3) is 0 Å². The molecule has 0 aliphatic carbocycles. The van der Waals surface area contributed by atoms with Gasteiger partial charge >= 0.3 is 0 Å². The van der Waals surface area contributed by atoms with Crippen molar-refractivity contribution < 1.29 is 13.9 Å². The fourth-order valence-electron chi connectivity index (χ4n) is 2.81. The van der Waals surface area contributed by atoms with E-state index in [1.54, 1.807) is 25.3 Å². The number of anilines is 2. The molecule has 0 radical (unpaired) electrons. The molecule has 0 saturated carbocycles. The van der Waals surface area contributed by atoms with Crippen LogP contribution >= 0.6 is 23.1 Å². The zero-order chi connectivity index (χ0) is 20.1. The molecule has 28 heavy (non-hydrogen) atoms. The molecule has 3 rings (SSSR count). The van der Waals surface area contributed by atoms with Gasteiger partial charge < -0.3 is 14.6 Å². The Morgan fingerprint density at radius 3 is 2.86 bits per heavy atom. The van der Waals surface area contributed by atoms with Gasteiger partial charge in [-0.2, -0.15) is 0 Å². The van der Waals surface area contributed by atoms with Crippen LogP contribution in [0.15, 0.2) is 34.7 Å². The number of hydrogen-bond donors (Lipinski definition) is 1. The third-order valence-electron chi connectivity index (χ3n) is 4.24. The summed E-state index contributed by atoms with van der Waals surface area (Å²) in [5.74, 6) is -0.0467. The first-order valence-corrected chi connectivity index (χ1v) is 10.5. The van der Waals surface area contributed by atoms with E-state index >= 15 is 0 Å². The monoisotopic (exact) mass is 420 g/mol. The number of aromatic nitrogens is 3. The van der Waals surface area contributed by atoms with E-state index in [0.717, 1.165) is 23.5 Å². The number of halogens is 1. The van der Waals surface area contributed by atoms with Crippen LogP contribution < -0.4 is 5.32 Å². The van der Waals surface area contributed by atoms with Gasteiger partial charge in [0.2, 0.25) is 5.13 Å². The third kappa shape index (κ3) is 4.78. The Morgan fingerprint density at radius 2 is 2.11 bits per heavy atom. The first kappa shape index (κ1) is 20.5. The van der Waals surface area contributed by atoms with Gasteiger partial charge in [0, 0.05) is 30.6 Å². The summed E-state index contributed by atoms with van der Waals surface area (Å²) >= 11 is 2.61. The lowest BCUT2D eigenvalue weighted by Crippen LogP contribution is -2.09. The summed E-state index contributed by atoms with van der Waals surface area (Å²) in [6, 6.07) is 8.29. The van der Waals surface area contributed by atoms with Crippen molar-refractivity contribution in [2.24, 2.45) is 0 Å². The van der Waals surface area contributed by atoms with Crippen LogP contribution in [0.25, 0.3) is 0 Å². The molecule has 1 N–H and O–H groups in total. The molecule has 0 fully saturated rings. The van der Waals surface area contributed by atoms with Gasteiger partial charge in [0.15, 0.2) is 10.1 Å². The highest BCUT2D eigenvalue weighted by Crippen LogP contribution is 2.29. The third-order valence-corrected chi connectivity index (χ3v) is 6.21. The Hall–Kier alpha value is -2.23. The largest absolute Gasteiger partial charge is 0.383 e. The molecule has 0 atom stereocenters. The maximum absolute atomic E-state index is 13.7. The number of Topliss-reactive ketones (excluding diaryl/α,β-unsaturated/α-hetero) is 1. The number of rotatable bonds is 9. The SMILES string of the molecule is COCCn1c(C)cc(C(=O)CSc2nnc(Nc3ccccc3F)s2)c1C. The van der Waals surface area contributed by atoms with Crippen molar-refractivity contribution in [2.45, 2.75) is 24.7 Å². The number of para-hydroxylation sites is 1. The number of ether oxygens (including phenoxy) is 1. The Morgan fingerprint density at radius 1 is 1.32 bits per heavy atom. The van der Waals surface area contributed by atoms with Crippen molar-refractivity contribution in [3.63, 3.8) is 0 Å². The number of thioether (sulfide) groups is 1. The molecule has 0 bridgehead atoms. The molecule has 3 aromatic rings. The lowest BCUT2D eigenvalue weighted by atomic mass is 10.2. The van der Waals surface area contributed by atoms with Crippen LogP contribution in [0.1, 0.15) is 21.7 Å². The van der Waals surface area contributed by atoms with E-state index < -0.39 is 0 Å². The van der Waals surface area contributed by atoms with Crippen molar-refractivity contribution in [1.82, 2.24) is 14.8 Å². The molecule has 0 spiro atoms. The van der Waals surface area contributed by atoms with E-state index in [4.69, 9.17) is 4.74 Å². The molecule has 2 aromatic heterocycles. The molecule has 0 amide bonds. The lowest BCUT2D eigenvalue weighted by molar-refractivity contribution is 0.102. The summed E-state index contributed by atoms with van der Waals surface area (Å²) in [6.07, 6.45) is 0. The fourth-order valence-corrected chi connectivity index (χ4v) is 4.46. The number of carbonyl (C=O) groups excluding carboxylic acids is 1. The molecule has 6 nitrogen and oxygen atoms in total. The first-order valence-electron chi connectivity index (χ1n) is 8.66. The van der Waals surface area contributed by atoms with Crippen LogP contribution in [0.3, 0.4) is 0 Å². The molecule has 0 saturated heterocycles. The molecular weight excluding hydrogens is 399 g/mol. The summed E-state index contributed by atoms with van der Waals surface area (Å²) in [6.45, 7) is 5.25. The smallest absolute Gasteiger partial charge is 0.210 e. The number of carbonyl (C=O) groups is 1. The van der Waals surface area contributed by atoms with E-state index in [9.17, 15) is 9.18 Å². The van der Waals surface area contributed by atoms with Gasteiger partial charge in [0.05, 0.1) is 18.0 Å². The highest BCUT2D eigenvalue weighted by Gasteiger charge is 2.17. The van der Waals surface area contributed by atoms with E-state index in [-0.39, 0.29) is 17.4 Å². The Balaban J connectivity index is 1.61. The molecule has 2 heterocycles. The minimum Gasteiger partial charge on any atom is -0.383 e. The van der Waals surface area contributed by atoms with Crippen LogP contribution in [-0.4, -0.2) is 40.0 Å². The van der Waals surface area contributed by atoms with Crippen LogP contribution in [0.2, 0.25) is 0 Å². The Bertz CT molecular complexity index is 971. The minimum atomic E-state index is -0.356. The predicted molar refractivity (Wildman–Crippen MR) is 110 cm³/mol. The fraction of sp³-hybridized carbons (Fsp3) is 0.316. The molecular formula is C19H21FN4O2S2. The summed E-state index contributed by atoms with van der Waals surface area (Å²) < 4.78 is 21.6. The number of aryl methyl sites for hydroxylation is 1. The van der Waals surface area contributed by atoms with E-state index in [0.29, 0.717) is 21.8 Å². The van der Waals surface area contributed by atoms with Crippen molar-refractivity contribution in [3.05, 3.63) is 53.1 Å². The first-order chi connectivity index (χ1) is 13.5. The van der Waals surface area contributed by atoms with Gasteiger partial charge in [0.1, 0.15) is 5.82 Å². The Kier molecular flexibility index (Phi) is 6.82. The summed E-state index contributed by atoms with van der Waals surface area (Å²) in [7, 11) is 1.66. The maximum Gasteiger partial charge on any atom is 0.210 e. The van der Waals surface area contributed by atoms with Crippen LogP contribution in [0.4, 0.5) is 15.2 Å². The molecule has 0 unspecified atom stereocenters. The standard InChI is InChI=1S/C19H21FN4O2S2/c1-12-10-14(13(2)24(12)8-9-26-3)17(25)11-27-19-23-22-18(28-19)21-16-7-5-4-6-15(16)20/h4-7,10H,8-9,11H2,1-3H3,(H,21,22). The van der Waals surface area contributed by atoms with Crippen LogP contribution in [0.5, 0.6) is 0 Å². The zero-order valence-electron chi connectivity index (χ0n) is 15.9. The lowest BCUT2D eigenvalue weighted by Gasteiger charge is -2.08. The average molecular weight is 421 g/mol. The van der Waals surface area contributed by atoms with E-state index in [1.165, 1.54) is 29.2 Å². The van der Waals surface area contributed by atoms with Gasteiger partial charge in [-0.1, -0.05) is 35.2 Å². The van der Waals surface area contributed by atoms with Crippen molar-refractivity contribution in [2.75, 3.05) is 24.8 Å².